The van der Waals surface area contributed by atoms with Crippen molar-refractivity contribution in [3.8, 4) is 0 Å². The molecule has 0 fully saturated rings. The Bertz CT molecular complexity index is 1110. The van der Waals surface area contributed by atoms with Gasteiger partial charge in [-0.15, -0.1) is 0 Å². The fraction of sp³-hybridized carbons (Fsp3) is 0.238. The number of fused-ring (bicyclic) bond motifs is 1. The fourth-order valence-corrected chi connectivity index (χ4v) is 2.99. The molecule has 0 saturated heterocycles. The van der Waals surface area contributed by atoms with Crippen molar-refractivity contribution in [2.75, 3.05) is 25.0 Å². The van der Waals surface area contributed by atoms with Gasteiger partial charge in [-0.1, -0.05) is 0 Å². The van der Waals surface area contributed by atoms with Crippen LogP contribution in [0.25, 0.3) is 10.9 Å². The van der Waals surface area contributed by atoms with E-state index in [9.17, 15) is 22.4 Å². The molecule has 0 saturated carbocycles. The summed E-state index contributed by atoms with van der Waals surface area (Å²) in [7, 11) is 0. The number of amides is 1. The first-order valence-electron chi connectivity index (χ1n) is 9.60. The molecule has 6 nitrogen and oxygen atoms in total. The number of guanidine groups is 1. The predicted molar refractivity (Wildman–Crippen MR) is 111 cm³/mol. The Labute approximate surface area is 175 Å². The number of carbonyl (C=O) groups is 1. The van der Waals surface area contributed by atoms with Gasteiger partial charge in [-0.05, 0) is 49.2 Å². The molecule has 3 rings (SSSR count). The number of aromatic amines is 1. The van der Waals surface area contributed by atoms with Gasteiger partial charge in [-0.2, -0.15) is 0 Å². The zero-order chi connectivity index (χ0) is 22.4. The minimum Gasteiger partial charge on any atom is -0.361 e. The lowest BCUT2D eigenvalue weighted by Gasteiger charge is -2.11. The minimum absolute atomic E-state index is 0.317. The average molecular weight is 435 g/mol. The van der Waals surface area contributed by atoms with E-state index in [0.717, 1.165) is 23.1 Å². The highest BCUT2D eigenvalue weighted by Gasteiger charge is 2.15. The maximum atomic E-state index is 13.7. The molecule has 1 amide bonds. The van der Waals surface area contributed by atoms with Gasteiger partial charge in [-0.3, -0.25) is 4.79 Å². The maximum Gasteiger partial charge on any atom is 0.246 e. The van der Waals surface area contributed by atoms with E-state index in [1.54, 1.807) is 12.3 Å². The van der Waals surface area contributed by atoms with Gasteiger partial charge in [0.05, 0.1) is 5.69 Å². The second kappa shape index (κ2) is 9.96. The third kappa shape index (κ3) is 5.53. The molecule has 0 aliphatic rings. The summed E-state index contributed by atoms with van der Waals surface area (Å²) in [5, 5.41) is 9.12. The van der Waals surface area contributed by atoms with Gasteiger partial charge in [-0.25, -0.2) is 22.6 Å². The highest BCUT2D eigenvalue weighted by atomic mass is 19.2. The Morgan fingerprint density at radius 3 is 2.65 bits per heavy atom. The van der Waals surface area contributed by atoms with Crippen LogP contribution in [0.3, 0.4) is 0 Å². The topological polar surface area (TPSA) is 81.3 Å². The number of nitrogens with one attached hydrogen (secondary N) is 4. The lowest BCUT2D eigenvalue weighted by molar-refractivity contribution is -0.114. The molecule has 0 aliphatic heterocycles. The number of hydrogen-bond donors (Lipinski definition) is 4. The van der Waals surface area contributed by atoms with Gasteiger partial charge in [0.2, 0.25) is 5.91 Å². The molecular weight excluding hydrogens is 414 g/mol. The lowest BCUT2D eigenvalue weighted by Crippen LogP contribution is -2.39. The van der Waals surface area contributed by atoms with E-state index < -0.39 is 29.0 Å². The molecule has 0 aliphatic carbocycles. The predicted octanol–water partition coefficient (Wildman–Crippen LogP) is 3.46. The number of aromatic nitrogens is 1. The van der Waals surface area contributed by atoms with Gasteiger partial charge in [0.1, 0.15) is 12.4 Å². The number of anilines is 1. The zero-order valence-electron chi connectivity index (χ0n) is 16.7. The van der Waals surface area contributed by atoms with Crippen molar-refractivity contribution in [1.82, 2.24) is 15.6 Å². The van der Waals surface area contributed by atoms with Gasteiger partial charge < -0.3 is 20.9 Å². The standard InChI is InChI=1S/C21H21F4N5O/c1-2-26-21(27-8-7-12-10-28-17-9-13(22)3-4-14(12)17)29-11-18(31)30-16-6-5-15(23)19(24)20(16)25/h3-6,9-10,28H,2,7-8,11H2,1H3,(H,30,31)(H2,26,27,29). The molecule has 0 unspecified atom stereocenters. The summed E-state index contributed by atoms with van der Waals surface area (Å²) in [5.74, 6) is -5.12. The van der Waals surface area contributed by atoms with E-state index in [0.29, 0.717) is 31.0 Å². The van der Waals surface area contributed by atoms with Crippen molar-refractivity contribution in [3.63, 3.8) is 0 Å². The Morgan fingerprint density at radius 2 is 1.87 bits per heavy atom. The van der Waals surface area contributed by atoms with Crippen LogP contribution in [0.15, 0.2) is 41.5 Å². The van der Waals surface area contributed by atoms with Crippen LogP contribution in [0.4, 0.5) is 23.2 Å². The molecule has 31 heavy (non-hydrogen) atoms. The second-order valence-corrected chi connectivity index (χ2v) is 6.65. The molecule has 3 aromatic rings. The number of nitrogens with zero attached hydrogens (tertiary/aromatic N) is 1. The number of benzene rings is 2. The summed E-state index contributed by atoms with van der Waals surface area (Å²) >= 11 is 0. The first-order chi connectivity index (χ1) is 14.9. The smallest absolute Gasteiger partial charge is 0.246 e. The number of halogens is 4. The zero-order valence-corrected chi connectivity index (χ0v) is 16.7. The van der Waals surface area contributed by atoms with E-state index in [1.165, 1.54) is 12.1 Å². The van der Waals surface area contributed by atoms with Crippen LogP contribution < -0.4 is 16.0 Å². The fourth-order valence-electron chi connectivity index (χ4n) is 2.99. The van der Waals surface area contributed by atoms with Gasteiger partial charge in [0.15, 0.2) is 23.4 Å². The van der Waals surface area contributed by atoms with Gasteiger partial charge >= 0.3 is 0 Å². The molecule has 4 N–H and O–H groups in total. The quantitative estimate of drug-likeness (QED) is 0.199. The molecule has 10 heteroatoms. The number of H-pyrrole nitrogens is 1. The summed E-state index contributed by atoms with van der Waals surface area (Å²) < 4.78 is 53.2. The Balaban J connectivity index is 1.57. The summed E-state index contributed by atoms with van der Waals surface area (Å²) in [6.07, 6.45) is 2.42. The first-order valence-corrected chi connectivity index (χ1v) is 9.60. The monoisotopic (exact) mass is 435 g/mol. The van der Waals surface area contributed by atoms with Crippen molar-refractivity contribution in [2.24, 2.45) is 4.99 Å². The molecule has 164 valence electrons. The van der Waals surface area contributed by atoms with E-state index in [2.05, 4.69) is 25.9 Å². The van der Waals surface area contributed by atoms with Crippen LogP contribution in [0.1, 0.15) is 12.5 Å². The number of rotatable bonds is 7. The summed E-state index contributed by atoms with van der Waals surface area (Å²) in [5.41, 5.74) is 1.23. The second-order valence-electron chi connectivity index (χ2n) is 6.65. The molecule has 1 aromatic heterocycles. The maximum absolute atomic E-state index is 13.7. The Morgan fingerprint density at radius 1 is 1.06 bits per heavy atom. The average Bonchev–Trinajstić information content (AvgIpc) is 3.14. The van der Waals surface area contributed by atoms with Crippen molar-refractivity contribution in [2.45, 2.75) is 13.3 Å². The third-order valence-electron chi connectivity index (χ3n) is 4.45. The van der Waals surface area contributed by atoms with Crippen molar-refractivity contribution < 1.29 is 22.4 Å². The molecule has 0 atom stereocenters. The van der Waals surface area contributed by atoms with Crippen molar-refractivity contribution >= 4 is 28.5 Å². The first kappa shape index (κ1) is 22.1. The van der Waals surface area contributed by atoms with E-state index >= 15 is 0 Å². The normalized spacial score (nSPS) is 11.6. The molecule has 0 radical (unpaired) electrons. The number of aliphatic imine (C=N–C) groups is 1. The highest BCUT2D eigenvalue weighted by molar-refractivity contribution is 5.94. The van der Waals surface area contributed by atoms with E-state index in [-0.39, 0.29) is 12.4 Å². The van der Waals surface area contributed by atoms with Gasteiger partial charge in [0, 0.05) is 30.2 Å². The molecular formula is C21H21F4N5O. The minimum atomic E-state index is -1.66. The Kier molecular flexibility index (Phi) is 7.11. The van der Waals surface area contributed by atoms with Crippen LogP contribution in [0.2, 0.25) is 0 Å². The molecule has 0 spiro atoms. The summed E-state index contributed by atoms with van der Waals surface area (Å²) in [6, 6.07) is 6.19. The summed E-state index contributed by atoms with van der Waals surface area (Å²) in [4.78, 5) is 19.1. The van der Waals surface area contributed by atoms with E-state index in [1.807, 2.05) is 6.92 Å². The van der Waals surface area contributed by atoms with Crippen molar-refractivity contribution in [3.05, 3.63) is 65.4 Å². The summed E-state index contributed by atoms with van der Waals surface area (Å²) in [6.45, 7) is 2.51. The third-order valence-corrected chi connectivity index (χ3v) is 4.45. The largest absolute Gasteiger partial charge is 0.361 e. The molecule has 0 bridgehead atoms. The van der Waals surface area contributed by atoms with Gasteiger partial charge in [0.25, 0.3) is 0 Å². The number of carbonyl (C=O) groups excluding carboxylic acids is 1. The van der Waals surface area contributed by atoms with Crippen LogP contribution in [0, 0.1) is 23.3 Å². The van der Waals surface area contributed by atoms with Crippen LogP contribution in [-0.4, -0.2) is 36.5 Å². The van der Waals surface area contributed by atoms with Crippen LogP contribution in [-0.2, 0) is 11.2 Å². The SMILES string of the molecule is CCNC(=NCC(=O)Nc1ccc(F)c(F)c1F)NCCc1c[nH]c2cc(F)ccc12. The van der Waals surface area contributed by atoms with Crippen LogP contribution in [0.5, 0.6) is 0 Å². The van der Waals surface area contributed by atoms with Crippen molar-refractivity contribution in [1.29, 1.82) is 0 Å². The lowest BCUT2D eigenvalue weighted by atomic mass is 10.1. The Hall–Kier alpha value is -3.56. The van der Waals surface area contributed by atoms with E-state index in [4.69, 9.17) is 0 Å². The van der Waals surface area contributed by atoms with Crippen LogP contribution >= 0.6 is 0 Å². The highest BCUT2D eigenvalue weighted by Crippen LogP contribution is 2.20. The molecule has 1 heterocycles. The number of hydrogen-bond acceptors (Lipinski definition) is 2. The molecule has 2 aromatic carbocycles.